The van der Waals surface area contributed by atoms with E-state index in [1.807, 2.05) is 25.1 Å². The van der Waals surface area contributed by atoms with Crippen LogP contribution in [0.4, 0.5) is 17.1 Å². The molecule has 0 aliphatic heterocycles. The van der Waals surface area contributed by atoms with Crippen molar-refractivity contribution in [2.45, 2.75) is 6.92 Å². The third-order valence-electron chi connectivity index (χ3n) is 3.87. The number of nitro groups is 1. The van der Waals surface area contributed by atoms with Gasteiger partial charge in [-0.05, 0) is 65.4 Å². The van der Waals surface area contributed by atoms with Crippen LogP contribution in [-0.4, -0.2) is 25.8 Å². The SMILES string of the molecule is Cc1cc(I)ccc1Nc1cc([N+](=O)[O-])c(-n2cccn2)cc1C(=O)NO. The monoisotopic (exact) mass is 479 g/mol. The van der Waals surface area contributed by atoms with E-state index in [1.54, 1.807) is 11.5 Å². The summed E-state index contributed by atoms with van der Waals surface area (Å²) in [6.07, 6.45) is 3.00. The Bertz CT molecular complexity index is 1020. The van der Waals surface area contributed by atoms with Gasteiger partial charge in [-0.25, -0.2) is 10.2 Å². The van der Waals surface area contributed by atoms with E-state index in [-0.39, 0.29) is 22.6 Å². The quantitative estimate of drug-likeness (QED) is 0.223. The van der Waals surface area contributed by atoms with Crippen LogP contribution in [0.25, 0.3) is 5.69 Å². The Labute approximate surface area is 167 Å². The number of hydroxylamine groups is 1. The van der Waals surface area contributed by atoms with Crippen LogP contribution in [0, 0.1) is 20.6 Å². The molecule has 1 heterocycles. The second kappa shape index (κ2) is 7.72. The number of hydrogen-bond donors (Lipinski definition) is 3. The highest BCUT2D eigenvalue weighted by molar-refractivity contribution is 14.1. The molecular formula is C17H14IN5O4. The number of amides is 1. The van der Waals surface area contributed by atoms with E-state index in [2.05, 4.69) is 33.0 Å². The lowest BCUT2D eigenvalue weighted by molar-refractivity contribution is -0.384. The maximum absolute atomic E-state index is 12.2. The van der Waals surface area contributed by atoms with Crippen LogP contribution in [0.3, 0.4) is 0 Å². The Morgan fingerprint density at radius 3 is 2.67 bits per heavy atom. The van der Waals surface area contributed by atoms with Crippen LogP contribution in [-0.2, 0) is 0 Å². The molecule has 2 aromatic carbocycles. The Morgan fingerprint density at radius 1 is 1.30 bits per heavy atom. The number of anilines is 2. The lowest BCUT2D eigenvalue weighted by atomic mass is 10.1. The summed E-state index contributed by atoms with van der Waals surface area (Å²) < 4.78 is 2.32. The molecule has 0 atom stereocenters. The molecule has 0 aliphatic rings. The predicted octanol–water partition coefficient (Wildman–Crippen LogP) is 3.56. The van der Waals surface area contributed by atoms with Gasteiger partial charge in [0.2, 0.25) is 0 Å². The third kappa shape index (κ3) is 3.90. The number of halogens is 1. The minimum absolute atomic E-state index is 0.0338. The molecule has 0 unspecified atom stereocenters. The fourth-order valence-electron chi connectivity index (χ4n) is 2.58. The zero-order chi connectivity index (χ0) is 19.6. The number of aromatic nitrogens is 2. The van der Waals surface area contributed by atoms with Crippen LogP contribution in [0.2, 0.25) is 0 Å². The van der Waals surface area contributed by atoms with Gasteiger partial charge in [-0.1, -0.05) is 0 Å². The van der Waals surface area contributed by atoms with Gasteiger partial charge in [0.25, 0.3) is 11.6 Å². The molecule has 1 aromatic heterocycles. The van der Waals surface area contributed by atoms with Crippen LogP contribution in [0.5, 0.6) is 0 Å². The van der Waals surface area contributed by atoms with E-state index < -0.39 is 10.8 Å². The Kier molecular flexibility index (Phi) is 5.37. The van der Waals surface area contributed by atoms with Gasteiger partial charge >= 0.3 is 0 Å². The highest BCUT2D eigenvalue weighted by atomic mass is 127. The number of carbonyl (C=O) groups is 1. The van der Waals surface area contributed by atoms with Crippen molar-refractivity contribution in [1.82, 2.24) is 15.3 Å². The summed E-state index contributed by atoms with van der Waals surface area (Å²) in [5, 5.41) is 27.7. The average Bonchev–Trinajstić information content (AvgIpc) is 3.17. The summed E-state index contributed by atoms with van der Waals surface area (Å²) in [6.45, 7) is 1.88. The molecule has 0 fully saturated rings. The molecule has 0 aliphatic carbocycles. The highest BCUT2D eigenvalue weighted by Crippen LogP contribution is 2.33. The number of aryl methyl sites for hydroxylation is 1. The van der Waals surface area contributed by atoms with Gasteiger partial charge in [-0.3, -0.25) is 20.1 Å². The van der Waals surface area contributed by atoms with Crippen molar-refractivity contribution < 1.29 is 14.9 Å². The molecule has 0 saturated carbocycles. The molecule has 9 nitrogen and oxygen atoms in total. The standard InChI is InChI=1S/C17H14IN5O4/c1-10-7-11(18)3-4-13(10)20-14-9-16(23(26)27)15(22-6-2-5-19-22)8-12(14)17(24)21-25/h2-9,20,25H,1H3,(H,21,24). The molecule has 10 heteroatoms. The second-order valence-corrected chi connectivity index (χ2v) is 6.87. The summed E-state index contributed by atoms with van der Waals surface area (Å²) in [5.41, 5.74) is 3.25. The summed E-state index contributed by atoms with van der Waals surface area (Å²) in [6, 6.07) is 9.77. The molecule has 3 N–H and O–H groups in total. The van der Waals surface area contributed by atoms with Crippen LogP contribution < -0.4 is 10.8 Å². The lowest BCUT2D eigenvalue weighted by Gasteiger charge is -2.15. The molecule has 27 heavy (non-hydrogen) atoms. The van der Waals surface area contributed by atoms with Crippen molar-refractivity contribution in [3.63, 3.8) is 0 Å². The Morgan fingerprint density at radius 2 is 2.07 bits per heavy atom. The van der Waals surface area contributed by atoms with Gasteiger partial charge in [-0.15, -0.1) is 0 Å². The van der Waals surface area contributed by atoms with E-state index in [9.17, 15) is 14.9 Å². The van der Waals surface area contributed by atoms with E-state index in [4.69, 9.17) is 5.21 Å². The smallest absolute Gasteiger partial charge is 0.296 e. The molecule has 0 bridgehead atoms. The minimum Gasteiger partial charge on any atom is -0.354 e. The third-order valence-corrected chi connectivity index (χ3v) is 4.54. The molecule has 138 valence electrons. The van der Waals surface area contributed by atoms with Gasteiger partial charge in [0.15, 0.2) is 0 Å². The summed E-state index contributed by atoms with van der Waals surface area (Å²) in [7, 11) is 0. The first kappa shape index (κ1) is 18.8. The van der Waals surface area contributed by atoms with Gasteiger partial charge < -0.3 is 5.32 Å². The minimum atomic E-state index is -0.802. The first-order valence-electron chi connectivity index (χ1n) is 7.70. The maximum Gasteiger partial charge on any atom is 0.296 e. The summed E-state index contributed by atoms with van der Waals surface area (Å²) in [4.78, 5) is 23.2. The maximum atomic E-state index is 12.2. The van der Waals surface area contributed by atoms with E-state index in [1.165, 1.54) is 29.2 Å². The fourth-order valence-corrected chi connectivity index (χ4v) is 3.23. The number of nitro benzene ring substituents is 1. The van der Waals surface area contributed by atoms with Gasteiger partial charge in [-0.2, -0.15) is 5.10 Å². The second-order valence-electron chi connectivity index (χ2n) is 5.62. The molecule has 0 spiro atoms. The topological polar surface area (TPSA) is 122 Å². The Hall–Kier alpha value is -2.99. The number of nitrogens with zero attached hydrogens (tertiary/aromatic N) is 3. The van der Waals surface area contributed by atoms with Gasteiger partial charge in [0.05, 0.1) is 16.2 Å². The molecule has 3 rings (SSSR count). The predicted molar refractivity (Wildman–Crippen MR) is 107 cm³/mol. The summed E-state index contributed by atoms with van der Waals surface area (Å²) >= 11 is 2.18. The first-order valence-corrected chi connectivity index (χ1v) is 8.78. The zero-order valence-corrected chi connectivity index (χ0v) is 16.2. The number of carbonyl (C=O) groups excluding carboxylic acids is 1. The van der Waals surface area contributed by atoms with Crippen molar-refractivity contribution in [1.29, 1.82) is 0 Å². The van der Waals surface area contributed by atoms with Crippen molar-refractivity contribution in [2.75, 3.05) is 5.32 Å². The van der Waals surface area contributed by atoms with E-state index in [0.717, 1.165) is 9.13 Å². The number of rotatable bonds is 5. The first-order chi connectivity index (χ1) is 12.9. The molecular weight excluding hydrogens is 465 g/mol. The van der Waals surface area contributed by atoms with Gasteiger partial charge in [0.1, 0.15) is 5.69 Å². The highest BCUT2D eigenvalue weighted by Gasteiger charge is 2.23. The Balaban J connectivity index is 2.18. The lowest BCUT2D eigenvalue weighted by Crippen LogP contribution is -2.20. The fraction of sp³-hybridized carbons (Fsp3) is 0.0588. The van der Waals surface area contributed by atoms with Crippen molar-refractivity contribution in [3.8, 4) is 5.69 Å². The van der Waals surface area contributed by atoms with Crippen molar-refractivity contribution in [3.05, 3.63) is 73.6 Å². The van der Waals surface area contributed by atoms with E-state index >= 15 is 0 Å². The van der Waals surface area contributed by atoms with Crippen molar-refractivity contribution in [2.24, 2.45) is 0 Å². The summed E-state index contributed by atoms with van der Waals surface area (Å²) in [5.74, 6) is -0.802. The number of benzene rings is 2. The van der Waals surface area contributed by atoms with Crippen LogP contribution >= 0.6 is 22.6 Å². The van der Waals surface area contributed by atoms with Crippen molar-refractivity contribution >= 4 is 45.6 Å². The molecule has 0 saturated heterocycles. The molecule has 3 aromatic rings. The van der Waals surface area contributed by atoms with Crippen LogP contribution in [0.15, 0.2) is 48.8 Å². The van der Waals surface area contributed by atoms with Crippen LogP contribution in [0.1, 0.15) is 15.9 Å². The average molecular weight is 479 g/mol. The van der Waals surface area contributed by atoms with Gasteiger partial charge in [0, 0.05) is 27.7 Å². The largest absolute Gasteiger partial charge is 0.354 e. The van der Waals surface area contributed by atoms with E-state index in [0.29, 0.717) is 5.69 Å². The number of hydrogen-bond acceptors (Lipinski definition) is 6. The molecule has 0 radical (unpaired) electrons. The number of nitrogens with one attached hydrogen (secondary N) is 2. The zero-order valence-electron chi connectivity index (χ0n) is 14.0. The normalized spacial score (nSPS) is 10.5. The molecule has 1 amide bonds.